The van der Waals surface area contributed by atoms with E-state index in [-0.39, 0.29) is 5.91 Å². The molecule has 17 heavy (non-hydrogen) atoms. The van der Waals surface area contributed by atoms with Gasteiger partial charge in [-0.1, -0.05) is 22.4 Å². The van der Waals surface area contributed by atoms with Crippen LogP contribution in [0.4, 0.5) is 0 Å². The molecule has 1 saturated heterocycles. The van der Waals surface area contributed by atoms with E-state index in [1.165, 1.54) is 25.7 Å². The van der Waals surface area contributed by atoms with E-state index in [1.54, 1.807) is 0 Å². The van der Waals surface area contributed by atoms with Crippen molar-refractivity contribution in [1.82, 2.24) is 5.32 Å². The van der Waals surface area contributed by atoms with Crippen LogP contribution in [0.15, 0.2) is 0 Å². The number of carbonyl (C=O) groups excluding carboxylic acids is 1. The zero-order valence-corrected chi connectivity index (χ0v) is 12.1. The highest BCUT2D eigenvalue weighted by Gasteiger charge is 2.37. The molecule has 0 aromatic heterocycles. The van der Waals surface area contributed by atoms with Gasteiger partial charge in [0.1, 0.15) is 5.60 Å². The van der Waals surface area contributed by atoms with Gasteiger partial charge in [0.15, 0.2) is 0 Å². The Balaban J connectivity index is 1.75. The highest BCUT2D eigenvalue weighted by Crippen LogP contribution is 2.29. The monoisotopic (exact) mass is 303 g/mol. The number of halogens is 1. The van der Waals surface area contributed by atoms with Crippen LogP contribution in [-0.4, -0.2) is 29.5 Å². The van der Waals surface area contributed by atoms with Gasteiger partial charge in [0.25, 0.3) is 5.91 Å². The van der Waals surface area contributed by atoms with Gasteiger partial charge in [-0.15, -0.1) is 0 Å². The number of hydrogen-bond donors (Lipinski definition) is 1. The highest BCUT2D eigenvalue weighted by molar-refractivity contribution is 9.09. The molecule has 1 aliphatic heterocycles. The van der Waals surface area contributed by atoms with Crippen LogP contribution in [0, 0.1) is 5.92 Å². The largest absolute Gasteiger partial charge is 0.365 e. The first-order chi connectivity index (χ1) is 8.10. The van der Waals surface area contributed by atoms with Crippen LogP contribution in [-0.2, 0) is 9.53 Å². The lowest BCUT2D eigenvalue weighted by molar-refractivity contribution is -0.139. The topological polar surface area (TPSA) is 38.3 Å². The molecule has 1 aliphatic carbocycles. The molecular weight excluding hydrogens is 282 g/mol. The fraction of sp³-hybridized carbons (Fsp3) is 0.923. The van der Waals surface area contributed by atoms with E-state index in [9.17, 15) is 4.79 Å². The molecule has 1 saturated carbocycles. The summed E-state index contributed by atoms with van der Waals surface area (Å²) in [4.78, 5) is 12.7. The van der Waals surface area contributed by atoms with Crippen molar-refractivity contribution in [3.63, 3.8) is 0 Å². The number of rotatable bonds is 3. The number of alkyl halides is 1. The summed E-state index contributed by atoms with van der Waals surface area (Å²) in [5, 5.41) is 3.07. The minimum Gasteiger partial charge on any atom is -0.365 e. The van der Waals surface area contributed by atoms with Gasteiger partial charge in [0.2, 0.25) is 0 Å². The predicted molar refractivity (Wildman–Crippen MR) is 71.3 cm³/mol. The Kier molecular flexibility index (Phi) is 4.47. The molecule has 1 heterocycles. The Morgan fingerprint density at radius 2 is 2.29 bits per heavy atom. The lowest BCUT2D eigenvalue weighted by Gasteiger charge is -2.28. The quantitative estimate of drug-likeness (QED) is 0.814. The van der Waals surface area contributed by atoms with Gasteiger partial charge < -0.3 is 10.1 Å². The van der Waals surface area contributed by atoms with Crippen molar-refractivity contribution in [2.75, 3.05) is 13.2 Å². The minimum absolute atomic E-state index is 0.0756. The molecule has 0 radical (unpaired) electrons. The normalized spacial score (nSPS) is 38.0. The third-order valence-corrected chi connectivity index (χ3v) is 4.80. The summed E-state index contributed by atoms with van der Waals surface area (Å²) < 4.78 is 5.54. The molecule has 2 rings (SSSR count). The molecule has 98 valence electrons. The van der Waals surface area contributed by atoms with Crippen LogP contribution in [0.3, 0.4) is 0 Å². The predicted octanol–water partition coefficient (Wildman–Crippen LogP) is 2.63. The summed E-state index contributed by atoms with van der Waals surface area (Å²) in [5.41, 5.74) is -0.567. The second-order valence-corrected chi connectivity index (χ2v) is 6.82. The van der Waals surface area contributed by atoms with E-state index in [0.717, 1.165) is 26.0 Å². The molecule has 2 fully saturated rings. The third-order valence-electron chi connectivity index (χ3n) is 3.97. The molecule has 4 heteroatoms. The van der Waals surface area contributed by atoms with Crippen molar-refractivity contribution in [2.24, 2.45) is 5.92 Å². The Bertz CT molecular complexity index is 277. The van der Waals surface area contributed by atoms with Crippen LogP contribution >= 0.6 is 15.9 Å². The number of amides is 1. The molecule has 0 aromatic rings. The zero-order valence-electron chi connectivity index (χ0n) is 10.5. The Morgan fingerprint density at radius 1 is 1.47 bits per heavy atom. The molecule has 1 N–H and O–H groups in total. The molecule has 3 unspecified atom stereocenters. The van der Waals surface area contributed by atoms with E-state index in [2.05, 4.69) is 21.2 Å². The summed E-state index contributed by atoms with van der Waals surface area (Å²) in [6.07, 6.45) is 6.80. The van der Waals surface area contributed by atoms with E-state index in [4.69, 9.17) is 4.74 Å². The van der Waals surface area contributed by atoms with Gasteiger partial charge in [-0.25, -0.2) is 0 Å². The standard InChI is InChI=1S/C13H22BrNO2/c1-13(6-3-7-17-13)12(16)15-9-10-4-2-5-11(14)8-10/h10-11H,2-9H2,1H3,(H,15,16). The van der Waals surface area contributed by atoms with Crippen molar-refractivity contribution >= 4 is 21.8 Å². The lowest BCUT2D eigenvalue weighted by Crippen LogP contribution is -2.45. The molecule has 0 aromatic carbocycles. The summed E-state index contributed by atoms with van der Waals surface area (Å²) in [5.74, 6) is 0.703. The molecule has 0 spiro atoms. The first kappa shape index (κ1) is 13.3. The summed E-state index contributed by atoms with van der Waals surface area (Å²) in [6.45, 7) is 3.43. The first-order valence-corrected chi connectivity index (χ1v) is 7.58. The maximum atomic E-state index is 12.0. The average Bonchev–Trinajstić information content (AvgIpc) is 2.74. The first-order valence-electron chi connectivity index (χ1n) is 6.66. The fourth-order valence-corrected chi connectivity index (χ4v) is 3.65. The van der Waals surface area contributed by atoms with Crippen LogP contribution in [0.25, 0.3) is 0 Å². The van der Waals surface area contributed by atoms with Crippen LogP contribution in [0.1, 0.15) is 45.4 Å². The van der Waals surface area contributed by atoms with E-state index < -0.39 is 5.60 Å². The van der Waals surface area contributed by atoms with Crippen molar-refractivity contribution < 1.29 is 9.53 Å². The number of carbonyl (C=O) groups is 1. The van der Waals surface area contributed by atoms with Gasteiger partial charge in [-0.3, -0.25) is 4.79 Å². The minimum atomic E-state index is -0.567. The maximum absolute atomic E-state index is 12.0. The molecule has 2 aliphatic rings. The summed E-state index contributed by atoms with van der Waals surface area (Å²) in [6, 6.07) is 0. The SMILES string of the molecule is CC1(C(=O)NCC2CCCC(Br)C2)CCCO1. The van der Waals surface area contributed by atoms with Crippen LogP contribution < -0.4 is 5.32 Å². The van der Waals surface area contributed by atoms with Crippen LogP contribution in [0.5, 0.6) is 0 Å². The van der Waals surface area contributed by atoms with Gasteiger partial charge in [0.05, 0.1) is 0 Å². The maximum Gasteiger partial charge on any atom is 0.251 e. The molecule has 0 bridgehead atoms. The number of nitrogens with one attached hydrogen (secondary N) is 1. The summed E-state index contributed by atoms with van der Waals surface area (Å²) in [7, 11) is 0. The van der Waals surface area contributed by atoms with Crippen molar-refractivity contribution in [1.29, 1.82) is 0 Å². The van der Waals surface area contributed by atoms with E-state index in [0.29, 0.717) is 10.7 Å². The summed E-state index contributed by atoms with van der Waals surface area (Å²) >= 11 is 3.68. The smallest absolute Gasteiger partial charge is 0.251 e. The Morgan fingerprint density at radius 3 is 2.94 bits per heavy atom. The second-order valence-electron chi connectivity index (χ2n) is 5.52. The average molecular weight is 304 g/mol. The van der Waals surface area contributed by atoms with E-state index in [1.807, 2.05) is 6.92 Å². The third kappa shape index (κ3) is 3.44. The fourth-order valence-electron chi connectivity index (χ4n) is 2.79. The highest BCUT2D eigenvalue weighted by atomic mass is 79.9. The molecule has 3 atom stereocenters. The van der Waals surface area contributed by atoms with Crippen molar-refractivity contribution in [3.8, 4) is 0 Å². The van der Waals surface area contributed by atoms with Crippen LogP contribution in [0.2, 0.25) is 0 Å². The molecular formula is C13H22BrNO2. The van der Waals surface area contributed by atoms with Crippen molar-refractivity contribution in [3.05, 3.63) is 0 Å². The lowest BCUT2D eigenvalue weighted by atomic mass is 9.89. The van der Waals surface area contributed by atoms with Crippen molar-refractivity contribution in [2.45, 2.75) is 55.9 Å². The molecule has 3 nitrogen and oxygen atoms in total. The van der Waals surface area contributed by atoms with Gasteiger partial charge >= 0.3 is 0 Å². The zero-order chi connectivity index (χ0) is 12.3. The number of hydrogen-bond acceptors (Lipinski definition) is 2. The number of ether oxygens (including phenoxy) is 1. The van der Waals surface area contributed by atoms with Gasteiger partial charge in [0, 0.05) is 18.0 Å². The van der Waals surface area contributed by atoms with Gasteiger partial charge in [-0.05, 0) is 44.9 Å². The Labute approximate surface area is 112 Å². The Hall–Kier alpha value is -0.0900. The van der Waals surface area contributed by atoms with Gasteiger partial charge in [-0.2, -0.15) is 0 Å². The molecule has 1 amide bonds. The second kappa shape index (κ2) is 5.70. The van der Waals surface area contributed by atoms with E-state index >= 15 is 0 Å².